The minimum atomic E-state index is -3.27. The summed E-state index contributed by atoms with van der Waals surface area (Å²) in [6.45, 7) is -3.60. The molecule has 5 heterocycles. The molecular formula is C28H27F4N11O5. The lowest BCUT2D eigenvalue weighted by molar-refractivity contribution is -0.0526. The number of carbonyl (C=O) groups is 2. The maximum Gasteiger partial charge on any atom is 0.409 e. The summed E-state index contributed by atoms with van der Waals surface area (Å²) in [7, 11) is 0. The predicted molar refractivity (Wildman–Crippen MR) is 156 cm³/mol. The Hall–Kier alpha value is -5.82. The summed E-state index contributed by atoms with van der Waals surface area (Å²) < 4.78 is 69.8. The highest BCUT2D eigenvalue weighted by atomic mass is 19.3. The minimum Gasteiger partial charge on any atom is -0.449 e. The van der Waals surface area contributed by atoms with Crippen molar-refractivity contribution in [2.24, 2.45) is 0 Å². The number of benzene rings is 1. The number of likely N-dealkylation sites (tertiary alicyclic amines) is 1. The highest BCUT2D eigenvalue weighted by Gasteiger charge is 2.35. The van der Waals surface area contributed by atoms with Crippen molar-refractivity contribution in [1.29, 1.82) is 0 Å². The van der Waals surface area contributed by atoms with E-state index >= 15 is 0 Å². The van der Waals surface area contributed by atoms with Crippen molar-refractivity contribution >= 4 is 23.3 Å². The number of alkyl halides is 4. The number of halogens is 4. The van der Waals surface area contributed by atoms with E-state index in [1.54, 1.807) is 12.3 Å². The van der Waals surface area contributed by atoms with Crippen LogP contribution in [0, 0.1) is 0 Å². The van der Waals surface area contributed by atoms with Crippen molar-refractivity contribution in [3.8, 4) is 22.8 Å². The minimum absolute atomic E-state index is 0.00722. The van der Waals surface area contributed by atoms with Gasteiger partial charge in [-0.15, -0.1) is 10.2 Å². The van der Waals surface area contributed by atoms with E-state index in [-0.39, 0.29) is 52.3 Å². The molecule has 0 bridgehead atoms. The maximum absolute atomic E-state index is 13.4. The van der Waals surface area contributed by atoms with Gasteiger partial charge < -0.3 is 24.4 Å². The van der Waals surface area contributed by atoms with Gasteiger partial charge in [0.05, 0.1) is 37.1 Å². The van der Waals surface area contributed by atoms with Crippen molar-refractivity contribution in [1.82, 2.24) is 49.5 Å². The topological polar surface area (TPSA) is 169 Å². The number of fused-ring (bicyclic) bond motifs is 1. The Bertz CT molecular complexity index is 1910. The predicted octanol–water partition coefficient (Wildman–Crippen LogP) is 3.88. The van der Waals surface area contributed by atoms with Crippen LogP contribution in [-0.4, -0.2) is 94.4 Å². The van der Waals surface area contributed by atoms with Gasteiger partial charge in [-0.2, -0.15) is 32.6 Å². The monoisotopic (exact) mass is 673 g/mol. The first kappa shape index (κ1) is 32.1. The molecule has 0 saturated carbocycles. The molecule has 16 nitrogen and oxygen atoms in total. The fraction of sp³-hybridized carbons (Fsp3) is 0.357. The van der Waals surface area contributed by atoms with Crippen molar-refractivity contribution in [2.75, 3.05) is 25.0 Å². The van der Waals surface area contributed by atoms with E-state index in [1.807, 2.05) is 6.92 Å². The molecule has 252 valence electrons. The summed E-state index contributed by atoms with van der Waals surface area (Å²) >= 11 is 0. The number of hydrogen-bond acceptors (Lipinski definition) is 11. The third kappa shape index (κ3) is 7.10. The zero-order valence-corrected chi connectivity index (χ0v) is 25.1. The van der Waals surface area contributed by atoms with E-state index in [0.717, 1.165) is 31.0 Å². The van der Waals surface area contributed by atoms with Gasteiger partial charge in [-0.25, -0.2) is 14.3 Å². The van der Waals surface area contributed by atoms with Gasteiger partial charge in [0.2, 0.25) is 0 Å². The van der Waals surface area contributed by atoms with Crippen molar-refractivity contribution in [3.63, 3.8) is 0 Å². The van der Waals surface area contributed by atoms with Crippen LogP contribution < -0.4 is 14.8 Å². The summed E-state index contributed by atoms with van der Waals surface area (Å²) in [5.41, 5.74) is 0.0144. The number of nitrogens with one attached hydrogen (secondary N) is 1. The van der Waals surface area contributed by atoms with Crippen molar-refractivity contribution in [2.45, 2.75) is 45.6 Å². The quantitative estimate of drug-likeness (QED) is 0.142. The van der Waals surface area contributed by atoms with Gasteiger partial charge >= 0.3 is 19.3 Å². The number of ether oxygens (including phenoxy) is 3. The number of aromatic nitrogens is 9. The van der Waals surface area contributed by atoms with Crippen LogP contribution in [-0.2, 0) is 11.3 Å². The number of tetrazole rings is 1. The molecule has 1 saturated heterocycles. The Labute approximate surface area is 268 Å². The Morgan fingerprint density at radius 3 is 2.69 bits per heavy atom. The molecule has 1 aliphatic rings. The molecule has 2 amide bonds. The highest BCUT2D eigenvalue weighted by molar-refractivity contribution is 6.09. The number of anilines is 1. The number of amides is 2. The molecular weight excluding hydrogens is 646 g/mol. The van der Waals surface area contributed by atoms with Crippen molar-refractivity contribution in [3.05, 3.63) is 60.4 Å². The fourth-order valence-electron chi connectivity index (χ4n) is 4.80. The molecule has 20 heteroatoms. The molecule has 0 unspecified atom stereocenters. The molecule has 48 heavy (non-hydrogen) atoms. The van der Waals surface area contributed by atoms with Crippen LogP contribution in [0.5, 0.6) is 11.5 Å². The molecule has 6 rings (SSSR count). The Balaban J connectivity index is 1.27. The second-order valence-electron chi connectivity index (χ2n) is 10.5. The van der Waals surface area contributed by atoms with Crippen LogP contribution in [0.1, 0.15) is 42.0 Å². The molecule has 4 aromatic heterocycles. The molecule has 0 aliphatic carbocycles. The van der Waals surface area contributed by atoms with E-state index in [4.69, 9.17) is 4.74 Å². The van der Waals surface area contributed by atoms with Gasteiger partial charge in [-0.3, -0.25) is 9.48 Å². The van der Waals surface area contributed by atoms with Gasteiger partial charge in [0, 0.05) is 18.6 Å². The van der Waals surface area contributed by atoms with Gasteiger partial charge in [-0.05, 0) is 35.9 Å². The molecule has 1 aliphatic heterocycles. The van der Waals surface area contributed by atoms with Crippen LogP contribution in [0.25, 0.3) is 16.9 Å². The third-order valence-corrected chi connectivity index (χ3v) is 7.12. The van der Waals surface area contributed by atoms with Gasteiger partial charge in [0.1, 0.15) is 35.3 Å². The SMILES string of the molecule is CCCCOC(=O)N1CC(n2nnc(Cn3cc(NC(=O)c4cnn5cccnc45)c(-c4cc(OC(F)F)ccc4OC(F)F)n3)n2)C1. The molecule has 5 aromatic rings. The average Bonchev–Trinajstić information content (AvgIpc) is 3.76. The lowest BCUT2D eigenvalue weighted by Crippen LogP contribution is -2.51. The molecule has 0 radical (unpaired) electrons. The van der Waals surface area contributed by atoms with Gasteiger partial charge in [-0.1, -0.05) is 13.3 Å². The van der Waals surface area contributed by atoms with Gasteiger partial charge in [0.15, 0.2) is 11.5 Å². The zero-order chi connectivity index (χ0) is 33.8. The molecule has 1 N–H and O–H groups in total. The number of carbonyl (C=O) groups excluding carboxylic acids is 2. The first-order valence-corrected chi connectivity index (χ1v) is 14.6. The number of nitrogens with zero attached hydrogens (tertiary/aromatic N) is 10. The molecule has 0 spiro atoms. The fourth-order valence-corrected chi connectivity index (χ4v) is 4.80. The van der Waals surface area contributed by atoms with Crippen molar-refractivity contribution < 1.29 is 41.4 Å². The standard InChI is InChI=1S/C28H27F4N11O5/c1-2-3-9-46-28(45)40-12-16(13-40)43-37-22(36-39-43)15-41-14-20(35-25(44)19-11-34-42-8-4-7-33-24(19)42)23(38-41)18-10-17(47-26(29)30)5-6-21(18)48-27(31)32/h4-8,10-11,14,16,26-27H,2-3,9,12-13,15H2,1H3,(H,35,44). The smallest absolute Gasteiger partial charge is 0.409 e. The summed E-state index contributed by atoms with van der Waals surface area (Å²) in [6.07, 6.45) is 6.97. The summed E-state index contributed by atoms with van der Waals surface area (Å²) in [6, 6.07) is 4.47. The maximum atomic E-state index is 13.4. The van der Waals surface area contributed by atoms with E-state index in [9.17, 15) is 27.2 Å². The van der Waals surface area contributed by atoms with E-state index < -0.39 is 31.0 Å². The van der Waals surface area contributed by atoms with E-state index in [2.05, 4.69) is 45.4 Å². The summed E-state index contributed by atoms with van der Waals surface area (Å²) in [5, 5.41) is 23.7. The van der Waals surface area contributed by atoms with Gasteiger partial charge in [0.25, 0.3) is 5.91 Å². The first-order chi connectivity index (χ1) is 23.2. The summed E-state index contributed by atoms with van der Waals surface area (Å²) in [5.74, 6) is -1.27. The van der Waals surface area contributed by atoms with Crippen LogP contribution in [0.3, 0.4) is 0 Å². The normalized spacial score (nSPS) is 13.3. The Kier molecular flexibility index (Phi) is 9.30. The van der Waals surface area contributed by atoms with Crippen LogP contribution in [0.15, 0.2) is 49.1 Å². The van der Waals surface area contributed by atoms with Crippen LogP contribution >= 0.6 is 0 Å². The number of rotatable bonds is 13. The van der Waals surface area contributed by atoms with Crippen LogP contribution in [0.4, 0.5) is 28.0 Å². The van der Waals surface area contributed by atoms with E-state index in [0.29, 0.717) is 19.7 Å². The Morgan fingerprint density at radius 2 is 1.92 bits per heavy atom. The lowest BCUT2D eigenvalue weighted by Gasteiger charge is -2.36. The summed E-state index contributed by atoms with van der Waals surface area (Å²) in [4.78, 5) is 32.6. The number of unbranched alkanes of at least 4 members (excludes halogenated alkanes) is 1. The number of hydrogen-bond donors (Lipinski definition) is 1. The third-order valence-electron chi connectivity index (χ3n) is 7.12. The second kappa shape index (κ2) is 13.9. The molecule has 1 aromatic carbocycles. The van der Waals surface area contributed by atoms with E-state index in [1.165, 1.54) is 37.5 Å². The largest absolute Gasteiger partial charge is 0.449 e. The Morgan fingerprint density at radius 1 is 1.10 bits per heavy atom. The lowest BCUT2D eigenvalue weighted by atomic mass is 10.1. The first-order valence-electron chi connectivity index (χ1n) is 14.6. The zero-order valence-electron chi connectivity index (χ0n) is 25.1. The highest BCUT2D eigenvalue weighted by Crippen LogP contribution is 2.38. The second-order valence-corrected chi connectivity index (χ2v) is 10.5. The average molecular weight is 674 g/mol. The molecule has 1 fully saturated rings. The van der Waals surface area contributed by atoms with Crippen LogP contribution in [0.2, 0.25) is 0 Å². The molecule has 0 atom stereocenters.